The lowest BCUT2D eigenvalue weighted by atomic mass is 10.1. The second-order valence-electron chi connectivity index (χ2n) is 7.17. The molecule has 5 nitrogen and oxygen atoms in total. The van der Waals surface area contributed by atoms with Gasteiger partial charge < -0.3 is 14.4 Å². The van der Waals surface area contributed by atoms with Crippen LogP contribution < -0.4 is 19.1 Å². The molecule has 0 saturated carbocycles. The summed E-state index contributed by atoms with van der Waals surface area (Å²) in [6.45, 7) is 2.60. The maximum absolute atomic E-state index is 12.5. The highest BCUT2D eigenvalue weighted by atomic mass is 35.5. The van der Waals surface area contributed by atoms with E-state index in [0.29, 0.717) is 35.7 Å². The van der Waals surface area contributed by atoms with E-state index in [1.807, 2.05) is 11.8 Å². The molecule has 1 saturated heterocycles. The van der Waals surface area contributed by atoms with E-state index in [2.05, 4.69) is 9.46 Å². The normalized spacial score (nSPS) is 16.4. The van der Waals surface area contributed by atoms with Gasteiger partial charge in [-0.2, -0.15) is 0 Å². The molecule has 1 N–H and O–H groups in total. The van der Waals surface area contributed by atoms with Crippen LogP contribution in [0.4, 0.5) is 23.2 Å². The number of hydrogen-bond acceptors (Lipinski definition) is 5. The van der Waals surface area contributed by atoms with Crippen molar-refractivity contribution < 1.29 is 31.8 Å². The average molecular weight is 543 g/mol. The van der Waals surface area contributed by atoms with Gasteiger partial charge in [-0.3, -0.25) is 13.9 Å². The zero-order valence-corrected chi connectivity index (χ0v) is 20.9. The molecule has 34 heavy (non-hydrogen) atoms. The van der Waals surface area contributed by atoms with E-state index in [4.69, 9.17) is 27.9 Å². The van der Waals surface area contributed by atoms with Crippen LogP contribution in [-0.2, 0) is 0 Å². The number of amides is 1. The van der Waals surface area contributed by atoms with Crippen molar-refractivity contribution in [2.45, 2.75) is 38.3 Å². The zero-order chi connectivity index (χ0) is 25.5. The third-order valence-electron chi connectivity index (χ3n) is 5.02. The van der Waals surface area contributed by atoms with Gasteiger partial charge >= 0.3 is 6.36 Å². The first-order chi connectivity index (χ1) is 16.1. The number of nitrogens with zero attached hydrogens (tertiary/aromatic N) is 1. The number of hydrogen-bond donors (Lipinski definition) is 1. The van der Waals surface area contributed by atoms with E-state index < -0.39 is 12.1 Å². The van der Waals surface area contributed by atoms with E-state index in [1.54, 1.807) is 30.5 Å². The molecule has 0 aliphatic carbocycles. The summed E-state index contributed by atoms with van der Waals surface area (Å²) in [6, 6.07) is 8.99. The summed E-state index contributed by atoms with van der Waals surface area (Å²) in [7, 11) is 0.500. The number of benzene rings is 2. The topological polar surface area (TPSA) is 50.8 Å². The fourth-order valence-corrected chi connectivity index (χ4v) is 4.39. The second kappa shape index (κ2) is 12.6. The Labute approximate surface area is 209 Å². The Kier molecular flexibility index (Phi) is 10.5. The highest BCUT2D eigenvalue weighted by Crippen LogP contribution is 2.37. The van der Waals surface area contributed by atoms with Crippen molar-refractivity contribution in [1.82, 2.24) is 4.72 Å². The molecule has 2 unspecified atom stereocenters. The van der Waals surface area contributed by atoms with Gasteiger partial charge in [-0.25, -0.2) is 0 Å². The van der Waals surface area contributed by atoms with Crippen LogP contribution in [-0.4, -0.2) is 44.4 Å². The average Bonchev–Trinajstić information content (AvgIpc) is 3.27. The quantitative estimate of drug-likeness (QED) is 0.304. The lowest BCUT2D eigenvalue weighted by Gasteiger charge is -2.32. The van der Waals surface area contributed by atoms with Gasteiger partial charge in [-0.15, -0.1) is 13.2 Å². The Bertz CT molecular complexity index is 982. The number of rotatable bonds is 7. The van der Waals surface area contributed by atoms with Crippen molar-refractivity contribution in [3.8, 4) is 11.5 Å². The fraction of sp³-hybridized carbons (Fsp3) is 0.409. The molecule has 2 aromatic rings. The molecule has 2 atom stereocenters. The van der Waals surface area contributed by atoms with Crippen LogP contribution in [0.15, 0.2) is 36.4 Å². The molecule has 1 fully saturated rings. The molecular formula is C22H24Cl2F4N2O3S. The zero-order valence-electron chi connectivity index (χ0n) is 18.6. The van der Waals surface area contributed by atoms with Gasteiger partial charge in [0.05, 0.1) is 23.3 Å². The molecule has 188 valence electrons. The highest BCUT2D eigenvalue weighted by Gasteiger charge is 2.34. The number of carbonyl (C=O) groups excluding carboxylic acids is 1. The Morgan fingerprint density at radius 2 is 1.79 bits per heavy atom. The largest absolute Gasteiger partial charge is 0.573 e. The number of halogens is 6. The van der Waals surface area contributed by atoms with Crippen molar-refractivity contribution in [3.05, 3.63) is 52.0 Å². The maximum atomic E-state index is 12.5. The van der Waals surface area contributed by atoms with Gasteiger partial charge in [0.15, 0.2) is 0 Å². The molecule has 1 amide bonds. The number of anilines is 1. The molecule has 0 spiro atoms. The summed E-state index contributed by atoms with van der Waals surface area (Å²) in [5.74, 6) is -0.255. The summed E-state index contributed by atoms with van der Waals surface area (Å²) in [5, 5.41) is 0.188. The van der Waals surface area contributed by atoms with Crippen LogP contribution in [0.3, 0.4) is 0 Å². The Morgan fingerprint density at radius 1 is 1.15 bits per heavy atom. The van der Waals surface area contributed by atoms with Gasteiger partial charge in [-0.05, 0) is 56.2 Å². The first kappa shape index (κ1) is 28.2. The van der Waals surface area contributed by atoms with Crippen LogP contribution in [0.1, 0.15) is 30.1 Å². The van der Waals surface area contributed by atoms with Crippen LogP contribution in [0.5, 0.6) is 11.5 Å². The first-order valence-corrected chi connectivity index (χ1v) is 12.1. The van der Waals surface area contributed by atoms with Crippen molar-refractivity contribution in [2.75, 3.05) is 24.9 Å². The third kappa shape index (κ3) is 7.48. The Balaban J connectivity index is 0.00000199. The monoisotopic (exact) mass is 542 g/mol. The van der Waals surface area contributed by atoms with E-state index in [-0.39, 0.29) is 23.1 Å². The predicted octanol–water partition coefficient (Wildman–Crippen LogP) is 6.92. The van der Waals surface area contributed by atoms with Crippen LogP contribution >= 0.6 is 35.1 Å². The van der Waals surface area contributed by atoms with Gasteiger partial charge in [-0.1, -0.05) is 35.1 Å². The highest BCUT2D eigenvalue weighted by molar-refractivity contribution is 7.97. The van der Waals surface area contributed by atoms with Gasteiger partial charge in [0.1, 0.15) is 17.6 Å². The number of ether oxygens (including phenoxy) is 2. The second-order valence-corrected chi connectivity index (χ2v) is 8.60. The van der Waals surface area contributed by atoms with E-state index in [1.165, 1.54) is 24.1 Å². The van der Waals surface area contributed by atoms with Crippen LogP contribution in [0.2, 0.25) is 10.0 Å². The van der Waals surface area contributed by atoms with Crippen LogP contribution in [0.25, 0.3) is 0 Å². The molecule has 1 heterocycles. The van der Waals surface area contributed by atoms with E-state index in [0.717, 1.165) is 12.8 Å². The standard InChI is InChI=1S/C21H21Cl2F3N2O3S.CH3F/c1-12(30-18-7-5-13(10-15(18)22)20(29)27-32-2)17-4-3-9-28(17)14-6-8-19(16(23)11-14)31-21(24,25)26;1-2/h5-8,10-12,17H,3-4,9H2,1-2H3,(H,27,29);1H3. The summed E-state index contributed by atoms with van der Waals surface area (Å²) < 4.78 is 59.6. The maximum Gasteiger partial charge on any atom is 0.573 e. The van der Waals surface area contributed by atoms with Gasteiger partial charge in [0.25, 0.3) is 5.91 Å². The minimum absolute atomic E-state index is 0.0454. The van der Waals surface area contributed by atoms with Gasteiger partial charge in [0, 0.05) is 24.1 Å². The third-order valence-corrected chi connectivity index (χ3v) is 6.00. The Morgan fingerprint density at radius 3 is 2.38 bits per heavy atom. The predicted molar refractivity (Wildman–Crippen MR) is 128 cm³/mol. The van der Waals surface area contributed by atoms with Crippen molar-refractivity contribution >= 4 is 46.7 Å². The van der Waals surface area contributed by atoms with Gasteiger partial charge in [0.2, 0.25) is 0 Å². The SMILES string of the molecule is CF.CSNC(=O)c1ccc(OC(C)C2CCCN2c2ccc(OC(F)(F)F)c(Cl)c2)c(Cl)c1. The molecule has 1 aliphatic rings. The van der Waals surface area contributed by atoms with Crippen molar-refractivity contribution in [2.24, 2.45) is 0 Å². The lowest BCUT2D eigenvalue weighted by Crippen LogP contribution is -2.40. The Hall–Kier alpha value is -2.04. The first-order valence-electron chi connectivity index (χ1n) is 10.1. The number of alkyl halides is 4. The summed E-state index contributed by atoms with van der Waals surface area (Å²) in [6.07, 6.45) is -1.64. The number of carbonyl (C=O) groups is 1. The van der Waals surface area contributed by atoms with Crippen molar-refractivity contribution in [1.29, 1.82) is 0 Å². The molecular weight excluding hydrogens is 519 g/mol. The minimum atomic E-state index is -4.81. The molecule has 0 aromatic heterocycles. The smallest absolute Gasteiger partial charge is 0.487 e. The van der Waals surface area contributed by atoms with E-state index in [9.17, 15) is 22.4 Å². The summed E-state index contributed by atoms with van der Waals surface area (Å²) in [4.78, 5) is 14.0. The fourth-order valence-electron chi connectivity index (χ4n) is 3.65. The summed E-state index contributed by atoms with van der Waals surface area (Å²) in [5.41, 5.74) is 1.10. The molecule has 0 bridgehead atoms. The summed E-state index contributed by atoms with van der Waals surface area (Å²) >= 11 is 13.5. The molecule has 2 aromatic carbocycles. The van der Waals surface area contributed by atoms with E-state index >= 15 is 0 Å². The van der Waals surface area contributed by atoms with Crippen molar-refractivity contribution in [3.63, 3.8) is 0 Å². The lowest BCUT2D eigenvalue weighted by molar-refractivity contribution is -0.274. The molecule has 3 rings (SSSR count). The molecule has 12 heteroatoms. The number of nitrogens with one attached hydrogen (secondary N) is 1. The minimum Gasteiger partial charge on any atom is -0.487 e. The van der Waals surface area contributed by atoms with Crippen LogP contribution in [0, 0.1) is 0 Å². The molecule has 0 radical (unpaired) electrons. The molecule has 1 aliphatic heterocycles.